The highest BCUT2D eigenvalue weighted by molar-refractivity contribution is 5.60. The van der Waals surface area contributed by atoms with Crippen molar-refractivity contribution < 1.29 is 0 Å². The summed E-state index contributed by atoms with van der Waals surface area (Å²) in [7, 11) is 1.84. The quantitative estimate of drug-likeness (QED) is 0.890. The first-order chi connectivity index (χ1) is 9.94. The lowest BCUT2D eigenvalue weighted by Gasteiger charge is -2.20. The second kappa shape index (κ2) is 5.71. The van der Waals surface area contributed by atoms with Crippen LogP contribution in [-0.2, 0) is 5.41 Å². The Bertz CT molecular complexity index is 665. The van der Waals surface area contributed by atoms with Crippen molar-refractivity contribution in [2.45, 2.75) is 26.2 Å². The van der Waals surface area contributed by atoms with Gasteiger partial charge in [-0.2, -0.15) is 10.4 Å². The number of nitriles is 1. The molecular weight excluding hydrogens is 266 g/mol. The summed E-state index contributed by atoms with van der Waals surface area (Å²) in [6.07, 6.45) is 2.88. The maximum absolute atomic E-state index is 8.69. The second-order valence-electron chi connectivity index (χ2n) is 5.52. The summed E-state index contributed by atoms with van der Waals surface area (Å²) in [5.74, 6) is 1.07. The van der Waals surface area contributed by atoms with Gasteiger partial charge in [0.2, 0.25) is 0 Å². The van der Waals surface area contributed by atoms with Crippen molar-refractivity contribution in [3.8, 4) is 6.07 Å². The summed E-state index contributed by atoms with van der Waals surface area (Å²) in [4.78, 5) is 8.03. The number of aromatic nitrogens is 4. The molecule has 2 aromatic rings. The molecule has 0 radical (unpaired) electrons. The van der Waals surface area contributed by atoms with Crippen LogP contribution in [0.4, 0.5) is 17.3 Å². The summed E-state index contributed by atoms with van der Waals surface area (Å²) in [5, 5.41) is 23.3. The van der Waals surface area contributed by atoms with Gasteiger partial charge in [-0.1, -0.05) is 20.8 Å². The van der Waals surface area contributed by atoms with E-state index in [-0.39, 0.29) is 11.1 Å². The van der Waals surface area contributed by atoms with Gasteiger partial charge in [0, 0.05) is 18.5 Å². The molecule has 0 unspecified atom stereocenters. The molecule has 2 heterocycles. The SMILES string of the molecule is CNc1cc(Nc2cnc(C#N)cn2)nnc1C(C)(C)C. The number of nitrogens with zero attached hydrogens (tertiary/aromatic N) is 5. The van der Waals surface area contributed by atoms with Crippen molar-refractivity contribution in [3.63, 3.8) is 0 Å². The first kappa shape index (κ1) is 14.7. The van der Waals surface area contributed by atoms with Crippen molar-refractivity contribution in [3.05, 3.63) is 29.8 Å². The molecule has 0 atom stereocenters. The van der Waals surface area contributed by atoms with Crippen LogP contribution in [0.5, 0.6) is 0 Å². The Morgan fingerprint density at radius 2 is 1.86 bits per heavy atom. The Kier molecular flexibility index (Phi) is 3.98. The van der Waals surface area contributed by atoms with Gasteiger partial charge in [0.25, 0.3) is 0 Å². The van der Waals surface area contributed by atoms with Gasteiger partial charge in [-0.05, 0) is 0 Å². The molecule has 0 saturated heterocycles. The second-order valence-corrected chi connectivity index (χ2v) is 5.52. The van der Waals surface area contributed by atoms with Crippen LogP contribution in [0, 0.1) is 11.3 Å². The van der Waals surface area contributed by atoms with Gasteiger partial charge >= 0.3 is 0 Å². The summed E-state index contributed by atoms with van der Waals surface area (Å²) in [6, 6.07) is 3.79. The summed E-state index contributed by atoms with van der Waals surface area (Å²) in [6.45, 7) is 6.24. The number of nitrogens with one attached hydrogen (secondary N) is 2. The van der Waals surface area contributed by atoms with Gasteiger partial charge in [0.1, 0.15) is 11.9 Å². The van der Waals surface area contributed by atoms with Gasteiger partial charge < -0.3 is 10.6 Å². The van der Waals surface area contributed by atoms with Crippen LogP contribution >= 0.6 is 0 Å². The van der Waals surface area contributed by atoms with E-state index in [1.807, 2.05) is 19.2 Å². The van der Waals surface area contributed by atoms with E-state index in [1.165, 1.54) is 12.4 Å². The van der Waals surface area contributed by atoms with Gasteiger partial charge in [-0.3, -0.25) is 0 Å². The molecule has 0 aliphatic heterocycles. The van der Waals surface area contributed by atoms with Crippen LogP contribution in [0.25, 0.3) is 0 Å². The van der Waals surface area contributed by atoms with Gasteiger partial charge in [-0.15, -0.1) is 5.10 Å². The molecular formula is C14H17N7. The van der Waals surface area contributed by atoms with Crippen LogP contribution in [0.1, 0.15) is 32.2 Å². The molecule has 7 heteroatoms. The van der Waals surface area contributed by atoms with E-state index >= 15 is 0 Å². The third-order valence-corrected chi connectivity index (χ3v) is 2.80. The van der Waals surface area contributed by atoms with Crippen LogP contribution in [0.3, 0.4) is 0 Å². The average Bonchev–Trinajstić information content (AvgIpc) is 2.46. The predicted molar refractivity (Wildman–Crippen MR) is 80.3 cm³/mol. The Labute approximate surface area is 123 Å². The molecule has 2 N–H and O–H groups in total. The number of rotatable bonds is 3. The summed E-state index contributed by atoms with van der Waals surface area (Å²) in [5.41, 5.74) is 1.96. The van der Waals surface area contributed by atoms with Crippen molar-refractivity contribution in [2.24, 2.45) is 0 Å². The molecule has 0 bridgehead atoms. The van der Waals surface area contributed by atoms with E-state index in [0.29, 0.717) is 11.6 Å². The number of hydrogen-bond acceptors (Lipinski definition) is 7. The molecule has 0 saturated carbocycles. The highest BCUT2D eigenvalue weighted by atomic mass is 15.2. The monoisotopic (exact) mass is 283 g/mol. The fourth-order valence-corrected chi connectivity index (χ4v) is 1.78. The largest absolute Gasteiger partial charge is 0.386 e. The van der Waals surface area contributed by atoms with E-state index < -0.39 is 0 Å². The minimum Gasteiger partial charge on any atom is -0.386 e. The Balaban J connectivity index is 2.27. The molecule has 0 fully saturated rings. The molecule has 0 aliphatic rings. The van der Waals surface area contributed by atoms with Crippen molar-refractivity contribution in [1.29, 1.82) is 5.26 Å². The van der Waals surface area contributed by atoms with Crippen molar-refractivity contribution >= 4 is 17.3 Å². The lowest BCUT2D eigenvalue weighted by molar-refractivity contribution is 0.561. The molecule has 21 heavy (non-hydrogen) atoms. The maximum Gasteiger partial charge on any atom is 0.158 e. The molecule has 0 amide bonds. The molecule has 108 valence electrons. The Morgan fingerprint density at radius 3 is 2.38 bits per heavy atom. The lowest BCUT2D eigenvalue weighted by atomic mass is 9.91. The fourth-order valence-electron chi connectivity index (χ4n) is 1.78. The van der Waals surface area contributed by atoms with E-state index in [4.69, 9.17) is 5.26 Å². The highest BCUT2D eigenvalue weighted by Crippen LogP contribution is 2.28. The van der Waals surface area contributed by atoms with Crippen LogP contribution < -0.4 is 10.6 Å². The molecule has 0 aromatic carbocycles. The van der Waals surface area contributed by atoms with E-state index in [2.05, 4.69) is 51.6 Å². The van der Waals surface area contributed by atoms with Crippen LogP contribution in [-0.4, -0.2) is 27.2 Å². The minimum atomic E-state index is -0.0991. The van der Waals surface area contributed by atoms with E-state index in [1.54, 1.807) is 0 Å². The molecule has 7 nitrogen and oxygen atoms in total. The zero-order valence-corrected chi connectivity index (χ0v) is 12.5. The highest BCUT2D eigenvalue weighted by Gasteiger charge is 2.20. The maximum atomic E-state index is 8.69. The Morgan fingerprint density at radius 1 is 1.10 bits per heavy atom. The summed E-state index contributed by atoms with van der Waals surface area (Å²) < 4.78 is 0. The van der Waals surface area contributed by atoms with Crippen LogP contribution in [0.2, 0.25) is 0 Å². The fraction of sp³-hybridized carbons (Fsp3) is 0.357. The van der Waals surface area contributed by atoms with E-state index in [0.717, 1.165) is 11.4 Å². The normalized spacial score (nSPS) is 10.8. The minimum absolute atomic E-state index is 0.0991. The van der Waals surface area contributed by atoms with Crippen molar-refractivity contribution in [2.75, 3.05) is 17.7 Å². The molecule has 2 rings (SSSR count). The third kappa shape index (κ3) is 3.42. The standard InChI is InChI=1S/C14H17N7/c1-14(2,3)13-10(16-4)5-11(20-21-13)19-12-8-17-9(6-15)7-18-12/h5,7-8H,1-4H3,(H2,16,18,19,20). The first-order valence-corrected chi connectivity index (χ1v) is 6.49. The van der Waals surface area contributed by atoms with Crippen molar-refractivity contribution in [1.82, 2.24) is 20.2 Å². The predicted octanol–water partition coefficient (Wildman–Crippen LogP) is 2.22. The average molecular weight is 283 g/mol. The molecule has 2 aromatic heterocycles. The zero-order chi connectivity index (χ0) is 15.5. The van der Waals surface area contributed by atoms with Crippen LogP contribution in [0.15, 0.2) is 18.5 Å². The number of anilines is 3. The molecule has 0 aliphatic carbocycles. The molecule has 0 spiro atoms. The van der Waals surface area contributed by atoms with Gasteiger partial charge in [0.15, 0.2) is 11.5 Å². The third-order valence-electron chi connectivity index (χ3n) is 2.80. The van der Waals surface area contributed by atoms with Gasteiger partial charge in [-0.25, -0.2) is 9.97 Å². The van der Waals surface area contributed by atoms with E-state index in [9.17, 15) is 0 Å². The smallest absolute Gasteiger partial charge is 0.158 e. The summed E-state index contributed by atoms with van der Waals surface area (Å²) >= 11 is 0. The van der Waals surface area contributed by atoms with Gasteiger partial charge in [0.05, 0.1) is 23.8 Å². The Hall–Kier alpha value is -2.75. The topological polar surface area (TPSA) is 99.4 Å². The number of hydrogen-bond donors (Lipinski definition) is 2. The zero-order valence-electron chi connectivity index (χ0n) is 12.5. The first-order valence-electron chi connectivity index (χ1n) is 6.49. The lowest BCUT2D eigenvalue weighted by Crippen LogP contribution is -2.17.